The van der Waals surface area contributed by atoms with Gasteiger partial charge in [-0.2, -0.15) is 4.99 Å². The molecule has 3 heteroatoms. The van der Waals surface area contributed by atoms with Crippen molar-refractivity contribution in [2.24, 2.45) is 12.0 Å². The van der Waals surface area contributed by atoms with E-state index < -0.39 is 0 Å². The Morgan fingerprint density at radius 2 is 2.07 bits per heavy atom. The van der Waals surface area contributed by atoms with E-state index >= 15 is 0 Å². The van der Waals surface area contributed by atoms with Crippen LogP contribution in [0.5, 0.6) is 0 Å². The molecule has 0 aliphatic carbocycles. The smallest absolute Gasteiger partial charge is 0.240 e. The Morgan fingerprint density at radius 1 is 1.33 bits per heavy atom. The van der Waals surface area contributed by atoms with Crippen LogP contribution in [0.25, 0.3) is 10.9 Å². The number of isocyanates is 1. The molecule has 15 heavy (non-hydrogen) atoms. The highest BCUT2D eigenvalue weighted by Crippen LogP contribution is 2.30. The zero-order chi connectivity index (χ0) is 11.0. The first kappa shape index (κ1) is 9.69. The average molecular weight is 200 g/mol. The molecule has 1 aromatic carbocycles. The average Bonchev–Trinajstić information content (AvgIpc) is 2.51. The highest BCUT2D eigenvalue weighted by molar-refractivity contribution is 5.94. The minimum absolute atomic E-state index is 0.686. The number of rotatable bonds is 1. The van der Waals surface area contributed by atoms with Crippen LogP contribution in [-0.4, -0.2) is 10.6 Å². The van der Waals surface area contributed by atoms with E-state index in [1.807, 2.05) is 29.9 Å². The maximum Gasteiger partial charge on any atom is 0.240 e. The molecule has 0 saturated heterocycles. The standard InChI is InChI=1S/C12H12N2O/c1-8-4-5-10-11(13-7-15)6-14(3)12(10)9(8)2/h4-6H,1-3H3. The van der Waals surface area contributed by atoms with Crippen LogP contribution in [0.2, 0.25) is 0 Å². The molecule has 0 atom stereocenters. The van der Waals surface area contributed by atoms with Gasteiger partial charge in [0, 0.05) is 18.6 Å². The SMILES string of the molecule is Cc1ccc2c(N=C=O)cn(C)c2c1C. The van der Waals surface area contributed by atoms with Crippen molar-refractivity contribution in [2.75, 3.05) is 0 Å². The van der Waals surface area contributed by atoms with E-state index in [9.17, 15) is 4.79 Å². The molecule has 0 radical (unpaired) electrons. The lowest BCUT2D eigenvalue weighted by Gasteiger charge is -2.03. The van der Waals surface area contributed by atoms with Crippen LogP contribution in [0.1, 0.15) is 11.1 Å². The normalized spacial score (nSPS) is 10.3. The van der Waals surface area contributed by atoms with E-state index in [0.29, 0.717) is 5.69 Å². The van der Waals surface area contributed by atoms with Gasteiger partial charge < -0.3 is 4.57 Å². The molecule has 0 fully saturated rings. The molecule has 2 aromatic rings. The molecule has 0 saturated carbocycles. The molecule has 0 spiro atoms. The van der Waals surface area contributed by atoms with Gasteiger partial charge in [0.15, 0.2) is 0 Å². The van der Waals surface area contributed by atoms with Crippen LogP contribution in [0.15, 0.2) is 23.3 Å². The van der Waals surface area contributed by atoms with Crippen molar-refractivity contribution in [1.82, 2.24) is 4.57 Å². The van der Waals surface area contributed by atoms with Gasteiger partial charge in [-0.1, -0.05) is 12.1 Å². The van der Waals surface area contributed by atoms with Gasteiger partial charge in [-0.15, -0.1) is 0 Å². The molecule has 0 amide bonds. The third-order valence-electron chi connectivity index (χ3n) is 2.81. The first-order valence-electron chi connectivity index (χ1n) is 4.78. The second-order valence-electron chi connectivity index (χ2n) is 3.73. The second kappa shape index (κ2) is 3.37. The fourth-order valence-electron chi connectivity index (χ4n) is 1.92. The largest absolute Gasteiger partial charge is 0.348 e. The van der Waals surface area contributed by atoms with Gasteiger partial charge in [0.25, 0.3) is 0 Å². The minimum Gasteiger partial charge on any atom is -0.348 e. The predicted molar refractivity (Wildman–Crippen MR) is 60.2 cm³/mol. The lowest BCUT2D eigenvalue weighted by atomic mass is 10.1. The van der Waals surface area contributed by atoms with Crippen LogP contribution >= 0.6 is 0 Å². The van der Waals surface area contributed by atoms with Crippen molar-refractivity contribution in [3.05, 3.63) is 29.5 Å². The number of hydrogen-bond acceptors (Lipinski definition) is 2. The van der Waals surface area contributed by atoms with Gasteiger partial charge in [0.05, 0.1) is 5.52 Å². The van der Waals surface area contributed by atoms with Crippen molar-refractivity contribution in [3.63, 3.8) is 0 Å². The van der Waals surface area contributed by atoms with Gasteiger partial charge in [0.2, 0.25) is 6.08 Å². The molecule has 0 aliphatic heterocycles. The Kier molecular flexibility index (Phi) is 2.18. The van der Waals surface area contributed by atoms with E-state index in [-0.39, 0.29) is 0 Å². The maximum atomic E-state index is 10.3. The molecule has 0 N–H and O–H groups in total. The summed E-state index contributed by atoms with van der Waals surface area (Å²) in [5.41, 5.74) is 4.28. The van der Waals surface area contributed by atoms with E-state index in [0.717, 1.165) is 10.9 Å². The van der Waals surface area contributed by atoms with E-state index in [2.05, 4.69) is 18.8 Å². The highest BCUT2D eigenvalue weighted by atomic mass is 16.1. The summed E-state index contributed by atoms with van der Waals surface area (Å²) in [6.07, 6.45) is 3.43. The molecule has 1 heterocycles. The molecule has 1 aromatic heterocycles. The number of benzene rings is 1. The number of aryl methyl sites for hydroxylation is 3. The molecule has 76 valence electrons. The van der Waals surface area contributed by atoms with Gasteiger partial charge in [-0.3, -0.25) is 0 Å². The molecule has 0 unspecified atom stereocenters. The summed E-state index contributed by atoms with van der Waals surface area (Å²) >= 11 is 0. The van der Waals surface area contributed by atoms with Crippen LogP contribution in [0.3, 0.4) is 0 Å². The molecule has 3 nitrogen and oxygen atoms in total. The van der Waals surface area contributed by atoms with Crippen LogP contribution in [0.4, 0.5) is 5.69 Å². The lowest BCUT2D eigenvalue weighted by Crippen LogP contribution is -1.89. The summed E-state index contributed by atoms with van der Waals surface area (Å²) in [7, 11) is 1.96. The summed E-state index contributed by atoms with van der Waals surface area (Å²) in [4.78, 5) is 14.0. The van der Waals surface area contributed by atoms with Crippen molar-refractivity contribution in [1.29, 1.82) is 0 Å². The first-order chi connectivity index (χ1) is 7.15. The van der Waals surface area contributed by atoms with Crippen LogP contribution in [-0.2, 0) is 11.8 Å². The summed E-state index contributed by atoms with van der Waals surface area (Å²) < 4.78 is 1.99. The monoisotopic (exact) mass is 200 g/mol. The fraction of sp³-hybridized carbons (Fsp3) is 0.250. The molecule has 2 rings (SSSR count). The van der Waals surface area contributed by atoms with E-state index in [1.54, 1.807) is 6.08 Å². The zero-order valence-corrected chi connectivity index (χ0v) is 9.03. The maximum absolute atomic E-state index is 10.3. The van der Waals surface area contributed by atoms with Crippen LogP contribution in [0, 0.1) is 13.8 Å². The number of aliphatic imine (C=N–C) groups is 1. The third-order valence-corrected chi connectivity index (χ3v) is 2.81. The Balaban J connectivity index is 2.92. The number of carbonyl (C=O) groups excluding carboxylic acids is 1. The minimum atomic E-state index is 0.686. The molecular formula is C12H12N2O. The number of aromatic nitrogens is 1. The molecule has 0 bridgehead atoms. The highest BCUT2D eigenvalue weighted by Gasteiger charge is 2.09. The van der Waals surface area contributed by atoms with Crippen molar-refractivity contribution >= 4 is 22.7 Å². The summed E-state index contributed by atoms with van der Waals surface area (Å²) in [5, 5.41) is 1.00. The zero-order valence-electron chi connectivity index (χ0n) is 9.03. The number of nitrogens with zero attached hydrogens (tertiary/aromatic N) is 2. The van der Waals surface area contributed by atoms with E-state index in [1.165, 1.54) is 11.1 Å². The second-order valence-corrected chi connectivity index (χ2v) is 3.73. The fourth-order valence-corrected chi connectivity index (χ4v) is 1.92. The van der Waals surface area contributed by atoms with Gasteiger partial charge in [-0.05, 0) is 25.0 Å². The van der Waals surface area contributed by atoms with Crippen molar-refractivity contribution < 1.29 is 4.79 Å². The topological polar surface area (TPSA) is 34.4 Å². The Labute approximate surface area is 88.0 Å². The Hall–Kier alpha value is -1.86. The van der Waals surface area contributed by atoms with Crippen LogP contribution < -0.4 is 0 Å². The van der Waals surface area contributed by atoms with Crippen molar-refractivity contribution in [3.8, 4) is 0 Å². The van der Waals surface area contributed by atoms with E-state index in [4.69, 9.17) is 0 Å². The lowest BCUT2D eigenvalue weighted by molar-refractivity contribution is 0.565. The Bertz CT molecular complexity index is 575. The summed E-state index contributed by atoms with van der Waals surface area (Å²) in [6.45, 7) is 4.15. The number of fused-ring (bicyclic) bond motifs is 1. The Morgan fingerprint density at radius 3 is 2.73 bits per heavy atom. The number of hydrogen-bond donors (Lipinski definition) is 0. The third kappa shape index (κ3) is 1.37. The van der Waals surface area contributed by atoms with Crippen molar-refractivity contribution in [2.45, 2.75) is 13.8 Å². The molecular weight excluding hydrogens is 188 g/mol. The summed E-state index contributed by atoms with van der Waals surface area (Å²) in [6, 6.07) is 4.04. The predicted octanol–water partition coefficient (Wildman–Crippen LogP) is 2.76. The van der Waals surface area contributed by atoms with Gasteiger partial charge >= 0.3 is 0 Å². The van der Waals surface area contributed by atoms with Gasteiger partial charge in [0.1, 0.15) is 5.69 Å². The summed E-state index contributed by atoms with van der Waals surface area (Å²) in [5.74, 6) is 0. The molecule has 0 aliphatic rings. The quantitative estimate of drug-likeness (QED) is 0.515. The first-order valence-corrected chi connectivity index (χ1v) is 4.78. The van der Waals surface area contributed by atoms with Gasteiger partial charge in [-0.25, -0.2) is 4.79 Å².